The third-order valence-electron chi connectivity index (χ3n) is 4.05. The normalized spacial score (nSPS) is 12.0. The molecule has 1 N–H and O–H groups in total. The van der Waals surface area contributed by atoms with Gasteiger partial charge in [-0.05, 0) is 31.2 Å². The van der Waals surface area contributed by atoms with E-state index in [-0.39, 0.29) is 5.69 Å². The van der Waals surface area contributed by atoms with Crippen molar-refractivity contribution in [2.75, 3.05) is 37.2 Å². The Labute approximate surface area is 165 Å². The molecule has 28 heavy (non-hydrogen) atoms. The molecule has 152 valence electrons. The van der Waals surface area contributed by atoms with Crippen molar-refractivity contribution in [3.05, 3.63) is 42.5 Å². The number of rotatable bonds is 8. The molecule has 0 fully saturated rings. The van der Waals surface area contributed by atoms with Gasteiger partial charge in [0.05, 0.1) is 33.3 Å². The number of methoxy groups -OCH3 is 3. The van der Waals surface area contributed by atoms with Crippen LogP contribution < -0.4 is 23.8 Å². The molecule has 0 heterocycles. The lowest BCUT2D eigenvalue weighted by molar-refractivity contribution is -0.116. The summed E-state index contributed by atoms with van der Waals surface area (Å²) in [6.07, 6.45) is 1.03. The molecule has 1 unspecified atom stereocenters. The lowest BCUT2D eigenvalue weighted by Crippen LogP contribution is -2.45. The number of nitrogens with one attached hydrogen (secondary N) is 1. The first-order valence-electron chi connectivity index (χ1n) is 8.37. The monoisotopic (exact) mass is 408 g/mol. The Hall–Kier alpha value is -2.94. The van der Waals surface area contributed by atoms with E-state index in [4.69, 9.17) is 14.2 Å². The van der Waals surface area contributed by atoms with Crippen molar-refractivity contribution in [3.63, 3.8) is 0 Å². The van der Waals surface area contributed by atoms with E-state index in [1.54, 1.807) is 36.4 Å². The smallest absolute Gasteiger partial charge is 0.247 e. The Balaban J connectivity index is 2.42. The molecule has 0 aliphatic heterocycles. The van der Waals surface area contributed by atoms with Crippen LogP contribution in [0.25, 0.3) is 0 Å². The van der Waals surface area contributed by atoms with Crippen molar-refractivity contribution in [3.8, 4) is 17.2 Å². The molecule has 1 atom stereocenters. The Morgan fingerprint density at radius 3 is 2.21 bits per heavy atom. The molecular weight excluding hydrogens is 384 g/mol. The summed E-state index contributed by atoms with van der Waals surface area (Å²) in [4.78, 5) is 12.8. The van der Waals surface area contributed by atoms with E-state index in [2.05, 4.69) is 5.32 Å². The van der Waals surface area contributed by atoms with Gasteiger partial charge in [0.2, 0.25) is 15.9 Å². The molecule has 0 aliphatic carbocycles. The van der Waals surface area contributed by atoms with Crippen molar-refractivity contribution in [1.29, 1.82) is 0 Å². The molecule has 0 bridgehead atoms. The molecular formula is C19H24N2O6S. The molecule has 8 nitrogen and oxygen atoms in total. The van der Waals surface area contributed by atoms with Gasteiger partial charge in [-0.15, -0.1) is 0 Å². The summed E-state index contributed by atoms with van der Waals surface area (Å²) in [5, 5.41) is 2.71. The number of amides is 1. The third kappa shape index (κ3) is 4.86. The number of anilines is 2. The number of benzene rings is 2. The van der Waals surface area contributed by atoms with E-state index in [0.717, 1.165) is 10.6 Å². The number of carbonyl (C=O) groups is 1. The second kappa shape index (κ2) is 8.83. The fourth-order valence-corrected chi connectivity index (χ4v) is 3.87. The molecule has 0 saturated carbocycles. The minimum atomic E-state index is -3.81. The van der Waals surface area contributed by atoms with Crippen LogP contribution in [-0.4, -0.2) is 48.0 Å². The summed E-state index contributed by atoms with van der Waals surface area (Å²) < 4.78 is 41.7. The standard InChI is InChI=1S/C19H24N2O6S/c1-13(19(22)20-14-7-6-8-15(11-14)25-2)21(28(5,23)24)17-12-16(26-3)9-10-18(17)27-4/h6-13H,1-5H3,(H,20,22). The highest BCUT2D eigenvalue weighted by Crippen LogP contribution is 2.35. The highest BCUT2D eigenvalue weighted by Gasteiger charge is 2.31. The summed E-state index contributed by atoms with van der Waals surface area (Å²) in [7, 11) is 0.596. The van der Waals surface area contributed by atoms with Crippen molar-refractivity contribution >= 4 is 27.3 Å². The summed E-state index contributed by atoms with van der Waals surface area (Å²) in [5.74, 6) is 0.792. The van der Waals surface area contributed by atoms with E-state index >= 15 is 0 Å². The fraction of sp³-hybridized carbons (Fsp3) is 0.316. The van der Waals surface area contributed by atoms with Gasteiger partial charge in [-0.25, -0.2) is 8.42 Å². The van der Waals surface area contributed by atoms with Crippen molar-refractivity contribution in [1.82, 2.24) is 0 Å². The Morgan fingerprint density at radius 1 is 1.00 bits per heavy atom. The summed E-state index contributed by atoms with van der Waals surface area (Å²) in [6, 6.07) is 10.5. The molecule has 2 aromatic rings. The maximum absolute atomic E-state index is 12.8. The number of ether oxygens (including phenoxy) is 3. The Morgan fingerprint density at radius 2 is 1.64 bits per heavy atom. The van der Waals surface area contributed by atoms with E-state index in [9.17, 15) is 13.2 Å². The first-order valence-corrected chi connectivity index (χ1v) is 10.2. The van der Waals surface area contributed by atoms with E-state index < -0.39 is 22.0 Å². The summed E-state index contributed by atoms with van der Waals surface area (Å²) in [6.45, 7) is 1.50. The zero-order chi connectivity index (χ0) is 20.9. The quantitative estimate of drug-likeness (QED) is 0.721. The van der Waals surface area contributed by atoms with Gasteiger partial charge >= 0.3 is 0 Å². The zero-order valence-electron chi connectivity index (χ0n) is 16.4. The second-order valence-corrected chi connectivity index (χ2v) is 7.85. The van der Waals surface area contributed by atoms with Gasteiger partial charge in [-0.3, -0.25) is 9.10 Å². The van der Waals surface area contributed by atoms with Gasteiger partial charge in [-0.2, -0.15) is 0 Å². The second-order valence-electron chi connectivity index (χ2n) is 5.99. The SMILES string of the molecule is COc1cccc(NC(=O)C(C)N(c2cc(OC)ccc2OC)S(C)(=O)=O)c1. The van der Waals surface area contributed by atoms with Crippen molar-refractivity contribution < 1.29 is 27.4 Å². The van der Waals surface area contributed by atoms with Gasteiger partial charge in [0.25, 0.3) is 0 Å². The largest absolute Gasteiger partial charge is 0.497 e. The first-order chi connectivity index (χ1) is 13.2. The lowest BCUT2D eigenvalue weighted by atomic mass is 10.2. The lowest BCUT2D eigenvalue weighted by Gasteiger charge is -2.29. The number of nitrogens with zero attached hydrogens (tertiary/aromatic N) is 1. The van der Waals surface area contributed by atoms with Crippen molar-refractivity contribution in [2.24, 2.45) is 0 Å². The van der Waals surface area contributed by atoms with Gasteiger partial charge < -0.3 is 19.5 Å². The predicted octanol–water partition coefficient (Wildman–Crippen LogP) is 2.51. The number of hydrogen-bond donors (Lipinski definition) is 1. The van der Waals surface area contributed by atoms with Crippen LogP contribution in [-0.2, 0) is 14.8 Å². The molecule has 0 aromatic heterocycles. The number of carbonyl (C=O) groups excluding carboxylic acids is 1. The number of hydrogen-bond acceptors (Lipinski definition) is 6. The molecule has 2 aromatic carbocycles. The first kappa shape index (κ1) is 21.4. The Kier molecular flexibility index (Phi) is 6.74. The van der Waals surface area contributed by atoms with Crippen LogP contribution in [0.2, 0.25) is 0 Å². The summed E-state index contributed by atoms with van der Waals surface area (Å²) in [5.41, 5.74) is 0.694. The molecule has 1 amide bonds. The molecule has 0 spiro atoms. The summed E-state index contributed by atoms with van der Waals surface area (Å²) >= 11 is 0. The maximum atomic E-state index is 12.8. The van der Waals surface area contributed by atoms with Gasteiger partial charge in [-0.1, -0.05) is 6.07 Å². The highest BCUT2D eigenvalue weighted by atomic mass is 32.2. The minimum Gasteiger partial charge on any atom is -0.497 e. The Bertz CT molecular complexity index is 945. The van der Waals surface area contributed by atoms with Crippen LogP contribution in [0.15, 0.2) is 42.5 Å². The predicted molar refractivity (Wildman–Crippen MR) is 108 cm³/mol. The number of sulfonamides is 1. The van der Waals surface area contributed by atoms with Gasteiger partial charge in [0, 0.05) is 17.8 Å². The molecule has 0 radical (unpaired) electrons. The fourth-order valence-electron chi connectivity index (χ4n) is 2.70. The third-order valence-corrected chi connectivity index (χ3v) is 5.28. The van der Waals surface area contributed by atoms with Crippen molar-refractivity contribution in [2.45, 2.75) is 13.0 Å². The van der Waals surface area contributed by atoms with Crippen LogP contribution >= 0.6 is 0 Å². The van der Waals surface area contributed by atoms with Crippen LogP contribution in [0.3, 0.4) is 0 Å². The molecule has 0 aliphatic rings. The topological polar surface area (TPSA) is 94.2 Å². The highest BCUT2D eigenvalue weighted by molar-refractivity contribution is 7.92. The van der Waals surface area contributed by atoms with Gasteiger partial charge in [0.1, 0.15) is 23.3 Å². The minimum absolute atomic E-state index is 0.206. The van der Waals surface area contributed by atoms with E-state index in [1.165, 1.54) is 34.3 Å². The van der Waals surface area contributed by atoms with Crippen LogP contribution in [0.4, 0.5) is 11.4 Å². The van der Waals surface area contributed by atoms with E-state index in [0.29, 0.717) is 22.9 Å². The van der Waals surface area contributed by atoms with Crippen LogP contribution in [0.5, 0.6) is 17.2 Å². The van der Waals surface area contributed by atoms with Crippen LogP contribution in [0.1, 0.15) is 6.92 Å². The molecule has 9 heteroatoms. The van der Waals surface area contributed by atoms with E-state index in [1.807, 2.05) is 0 Å². The molecule has 2 rings (SSSR count). The molecule has 0 saturated heterocycles. The average molecular weight is 408 g/mol. The van der Waals surface area contributed by atoms with Gasteiger partial charge in [0.15, 0.2) is 0 Å². The maximum Gasteiger partial charge on any atom is 0.247 e. The zero-order valence-corrected chi connectivity index (χ0v) is 17.2. The van der Waals surface area contributed by atoms with Crippen LogP contribution in [0, 0.1) is 0 Å². The average Bonchev–Trinajstić information content (AvgIpc) is 2.66.